The van der Waals surface area contributed by atoms with Crippen molar-refractivity contribution in [3.63, 3.8) is 0 Å². The molecule has 0 saturated heterocycles. The van der Waals surface area contributed by atoms with Gasteiger partial charge in [-0.15, -0.1) is 12.4 Å². The Morgan fingerprint density at radius 3 is 1.14 bits per heavy atom. The van der Waals surface area contributed by atoms with Gasteiger partial charge in [-0.25, -0.2) is 0 Å². The van der Waals surface area contributed by atoms with Crippen molar-refractivity contribution < 1.29 is 17.5 Å². The van der Waals surface area contributed by atoms with E-state index in [2.05, 4.69) is 0 Å². The summed E-state index contributed by atoms with van der Waals surface area (Å²) in [5, 5.41) is 0. The molecule has 0 aliphatic rings. The summed E-state index contributed by atoms with van der Waals surface area (Å²) in [6, 6.07) is 0. The average molecular weight is 177 g/mol. The second kappa shape index (κ2) is 5.55. The van der Waals surface area contributed by atoms with Crippen LogP contribution < -0.4 is 0 Å². The minimum atomic E-state index is -4.67. The number of halogens is 1. The molecule has 0 unspecified atom stereocenters. The van der Waals surface area contributed by atoms with Crippen LogP contribution in [0.25, 0.3) is 0 Å². The van der Waals surface area contributed by atoms with Gasteiger partial charge in [-0.1, -0.05) is 0 Å². The summed E-state index contributed by atoms with van der Waals surface area (Å²) < 4.78 is 31.6. The topological polar surface area (TPSA) is 74.6 Å². The van der Waals surface area contributed by atoms with Crippen molar-refractivity contribution in [2.45, 2.75) is 0 Å². The monoisotopic (exact) mass is 176 g/mol. The summed E-state index contributed by atoms with van der Waals surface area (Å²) in [6.07, 6.45) is 0. The van der Waals surface area contributed by atoms with Gasteiger partial charge in [-0.2, -0.15) is 8.42 Å². The molecule has 0 fully saturated rings. The van der Waals surface area contributed by atoms with E-state index in [9.17, 15) is 0 Å². The molecule has 0 spiro atoms. The van der Waals surface area contributed by atoms with Crippen LogP contribution in [0.15, 0.2) is 0 Å². The van der Waals surface area contributed by atoms with Gasteiger partial charge in [0, 0.05) is 0 Å². The van der Waals surface area contributed by atoms with Gasteiger partial charge in [-0.3, -0.25) is 9.11 Å². The molecule has 0 saturated carbocycles. The first-order valence-electron chi connectivity index (χ1n) is 0.698. The van der Waals surface area contributed by atoms with Crippen molar-refractivity contribution in [3.8, 4) is 0 Å². The van der Waals surface area contributed by atoms with Crippen LogP contribution in [0.2, 0.25) is 0 Å². The van der Waals surface area contributed by atoms with Crippen LogP contribution in [-0.4, -0.2) is 55.3 Å². The Labute approximate surface area is 77.3 Å². The van der Waals surface area contributed by atoms with Crippen molar-refractivity contribution in [1.82, 2.24) is 0 Å². The Morgan fingerprint density at radius 2 is 1.14 bits per heavy atom. The second-order valence-corrected chi connectivity index (χ2v) is 1.34. The van der Waals surface area contributed by atoms with E-state index in [0.717, 1.165) is 0 Å². The first-order chi connectivity index (χ1) is 2.00. The molecule has 44 valence electrons. The van der Waals surface area contributed by atoms with Crippen LogP contribution in [0.1, 0.15) is 0 Å². The van der Waals surface area contributed by atoms with E-state index in [1.807, 2.05) is 0 Å². The maximum atomic E-state index is 8.74. The quantitative estimate of drug-likeness (QED) is 0.361. The molecule has 0 atom stereocenters. The zero-order chi connectivity index (χ0) is 4.50. The first-order valence-corrected chi connectivity index (χ1v) is 2.10. The molecule has 0 aromatic carbocycles. The molecule has 0 aliphatic carbocycles. The first kappa shape index (κ1) is 15.8. The minimum absolute atomic E-state index is 0. The maximum absolute atomic E-state index is 8.74. The van der Waals surface area contributed by atoms with E-state index < -0.39 is 10.4 Å². The van der Waals surface area contributed by atoms with Crippen molar-refractivity contribution in [2.75, 3.05) is 0 Å². The Hall–Kier alpha value is 1.42. The third-order valence-electron chi connectivity index (χ3n) is 0. The average Bonchev–Trinajstić information content (AvgIpc) is 0.722. The molecule has 2 N–H and O–H groups in total. The van der Waals surface area contributed by atoms with Gasteiger partial charge in [0.05, 0.1) is 0 Å². The van der Waals surface area contributed by atoms with Crippen LogP contribution in [0, 0.1) is 0 Å². The molecule has 0 aliphatic heterocycles. The van der Waals surface area contributed by atoms with Gasteiger partial charge in [-0.05, 0) is 0 Å². The predicted octanol–water partition coefficient (Wildman–Crippen LogP) is -1.15. The van der Waals surface area contributed by atoms with Gasteiger partial charge < -0.3 is 0 Å². The summed E-state index contributed by atoms with van der Waals surface area (Å²) in [5.41, 5.74) is 0. The van der Waals surface area contributed by atoms with Gasteiger partial charge in [0.2, 0.25) is 0 Å². The van der Waals surface area contributed by atoms with Crippen LogP contribution in [0.5, 0.6) is 0 Å². The summed E-state index contributed by atoms with van der Waals surface area (Å²) >= 11 is 0. The normalized spacial score (nSPS) is 8.29. The molecule has 0 rings (SSSR count). The molecule has 0 radical (unpaired) electrons. The van der Waals surface area contributed by atoms with Crippen LogP contribution in [0.4, 0.5) is 0 Å². The third-order valence-corrected chi connectivity index (χ3v) is 0. The van der Waals surface area contributed by atoms with E-state index in [-0.39, 0.29) is 50.1 Å². The zero-order valence-electron chi connectivity index (χ0n) is 2.53. The Bertz CT molecular complexity index is 94.9. The summed E-state index contributed by atoms with van der Waals surface area (Å²) in [6.45, 7) is 0. The zero-order valence-corrected chi connectivity index (χ0v) is 4.16. The van der Waals surface area contributed by atoms with Crippen LogP contribution in [0.3, 0.4) is 0 Å². The molecule has 0 aromatic heterocycles. The molecular weight excluding hydrogens is 172 g/mol. The fraction of sp³-hybridized carbons (Fsp3) is 0. The number of rotatable bonds is 0. The molecule has 0 aromatic rings. The SMILES string of the molecule is Cl.O=S(=O)(O)O.[CaH2]. The summed E-state index contributed by atoms with van der Waals surface area (Å²) in [5.74, 6) is 0. The predicted molar refractivity (Wildman–Crippen MR) is 30.0 cm³/mol. The number of hydrogen-bond donors (Lipinski definition) is 2. The Balaban J connectivity index is -0.0000000800. The van der Waals surface area contributed by atoms with Crippen molar-refractivity contribution in [2.24, 2.45) is 0 Å². The van der Waals surface area contributed by atoms with Gasteiger partial charge in [0.1, 0.15) is 0 Å². The van der Waals surface area contributed by atoms with Crippen molar-refractivity contribution in [1.29, 1.82) is 0 Å². The summed E-state index contributed by atoms with van der Waals surface area (Å²) in [7, 11) is -4.67. The summed E-state index contributed by atoms with van der Waals surface area (Å²) in [4.78, 5) is 0. The van der Waals surface area contributed by atoms with E-state index >= 15 is 0 Å². The molecule has 0 amide bonds. The van der Waals surface area contributed by atoms with Gasteiger partial charge in [0.15, 0.2) is 0 Å². The number of hydrogen-bond acceptors (Lipinski definition) is 2. The fourth-order valence-electron chi connectivity index (χ4n) is 0. The van der Waals surface area contributed by atoms with Crippen molar-refractivity contribution in [3.05, 3.63) is 0 Å². The van der Waals surface area contributed by atoms with Crippen LogP contribution >= 0.6 is 12.4 Å². The van der Waals surface area contributed by atoms with E-state index in [0.29, 0.717) is 0 Å². The Kier molecular flexibility index (Phi) is 12.5. The molecule has 7 heteroatoms. The van der Waals surface area contributed by atoms with Gasteiger partial charge >= 0.3 is 48.1 Å². The van der Waals surface area contributed by atoms with Crippen LogP contribution in [-0.2, 0) is 10.4 Å². The third kappa shape index (κ3) is 108. The molecule has 4 nitrogen and oxygen atoms in total. The van der Waals surface area contributed by atoms with E-state index in [1.54, 1.807) is 0 Å². The van der Waals surface area contributed by atoms with Gasteiger partial charge in [0.25, 0.3) is 0 Å². The molecule has 0 heterocycles. The molecule has 7 heavy (non-hydrogen) atoms. The fourth-order valence-corrected chi connectivity index (χ4v) is 0. The molecular formula is H5CaClO4S. The van der Waals surface area contributed by atoms with E-state index in [4.69, 9.17) is 17.5 Å². The Morgan fingerprint density at radius 1 is 1.14 bits per heavy atom. The van der Waals surface area contributed by atoms with E-state index in [1.165, 1.54) is 0 Å². The molecule has 0 bridgehead atoms. The van der Waals surface area contributed by atoms with Crippen molar-refractivity contribution >= 4 is 60.5 Å². The standard InChI is InChI=1S/Ca.ClH.H2O4S.2H/c;;1-5(2,3)4;;/h;1H;(H2,1,2,3,4);;. The second-order valence-electron chi connectivity index (χ2n) is 0.448.